The molecular weight excluding hydrogens is 431 g/mol. The van der Waals surface area contributed by atoms with Gasteiger partial charge in [0.1, 0.15) is 23.2 Å². The van der Waals surface area contributed by atoms with Gasteiger partial charge >= 0.3 is 5.97 Å². The third kappa shape index (κ3) is 3.21. The van der Waals surface area contributed by atoms with Crippen LogP contribution >= 0.6 is 23.2 Å². The van der Waals surface area contributed by atoms with Gasteiger partial charge in [-0.15, -0.1) is 0 Å². The summed E-state index contributed by atoms with van der Waals surface area (Å²) in [5.74, 6) is -0.721. The first-order valence-electron chi connectivity index (χ1n) is 9.53. The van der Waals surface area contributed by atoms with Crippen LogP contribution in [-0.2, 0) is 4.79 Å². The normalized spacial score (nSPS) is 12.0. The highest BCUT2D eigenvalue weighted by atomic mass is 79.9. The van der Waals surface area contributed by atoms with E-state index in [2.05, 4.69) is 52.3 Å². The molecule has 0 aliphatic carbocycles. The standard InChI is InChI=1S/C24H24BrO2P/c1-3-24(4-2,23(26)27)28(20-11-7-5-8-12-20,21-13-9-6-10-14-21)22-17-15-19(25)16-18-22/h5-18H,3-4H2,1-2H3/p+1. The van der Waals surface area contributed by atoms with Crippen molar-refractivity contribution >= 4 is 45.1 Å². The van der Waals surface area contributed by atoms with E-state index in [-0.39, 0.29) is 0 Å². The Hall–Kier alpha value is -1.96. The first-order valence-corrected chi connectivity index (χ1v) is 12.1. The Morgan fingerprint density at radius 1 is 0.786 bits per heavy atom. The third-order valence-corrected chi connectivity index (χ3v) is 11.6. The fraction of sp³-hybridized carbons (Fsp3) is 0.208. The summed E-state index contributed by atoms with van der Waals surface area (Å²) in [7, 11) is -2.49. The molecule has 0 amide bonds. The topological polar surface area (TPSA) is 37.3 Å². The fourth-order valence-corrected chi connectivity index (χ4v) is 10.0. The summed E-state index contributed by atoms with van der Waals surface area (Å²) in [5.41, 5.74) is 0. The van der Waals surface area contributed by atoms with Crippen LogP contribution in [0.1, 0.15) is 26.7 Å². The number of benzene rings is 3. The predicted octanol–water partition coefficient (Wildman–Crippen LogP) is 5.39. The summed E-state index contributed by atoms with van der Waals surface area (Å²) in [4.78, 5) is 12.9. The smallest absolute Gasteiger partial charge is 0.348 e. The molecule has 0 saturated heterocycles. The highest BCUT2D eigenvalue weighted by Crippen LogP contribution is 2.68. The number of carboxylic acid groups (broad SMARTS) is 1. The summed E-state index contributed by atoms with van der Waals surface area (Å²) >= 11 is 3.53. The zero-order valence-corrected chi connectivity index (χ0v) is 18.7. The van der Waals surface area contributed by atoms with E-state index in [0.717, 1.165) is 20.4 Å². The number of aliphatic carboxylic acids is 1. The van der Waals surface area contributed by atoms with E-state index in [9.17, 15) is 9.90 Å². The van der Waals surface area contributed by atoms with Crippen molar-refractivity contribution < 1.29 is 9.90 Å². The largest absolute Gasteiger partial charge is 0.478 e. The molecule has 0 radical (unpaired) electrons. The molecular formula is C24H25BrO2P+. The molecule has 28 heavy (non-hydrogen) atoms. The lowest BCUT2D eigenvalue weighted by Crippen LogP contribution is -2.51. The van der Waals surface area contributed by atoms with Crippen molar-refractivity contribution in [3.8, 4) is 0 Å². The second kappa shape index (κ2) is 8.59. The second-order valence-corrected chi connectivity index (χ2v) is 11.5. The Kier molecular flexibility index (Phi) is 6.37. The van der Waals surface area contributed by atoms with Gasteiger partial charge in [0.25, 0.3) is 0 Å². The summed E-state index contributed by atoms with van der Waals surface area (Å²) < 4.78 is 0.990. The lowest BCUT2D eigenvalue weighted by molar-refractivity contribution is -0.140. The minimum absolute atomic E-state index is 0.562. The molecule has 4 heteroatoms. The fourth-order valence-electron chi connectivity index (χ4n) is 4.33. The molecule has 144 valence electrons. The van der Waals surface area contributed by atoms with Gasteiger partial charge in [0.05, 0.1) is 0 Å². The number of carbonyl (C=O) groups is 1. The van der Waals surface area contributed by atoms with Crippen LogP contribution in [0.2, 0.25) is 0 Å². The lowest BCUT2D eigenvalue weighted by atomic mass is 10.0. The van der Waals surface area contributed by atoms with E-state index in [1.165, 1.54) is 0 Å². The monoisotopic (exact) mass is 455 g/mol. The van der Waals surface area contributed by atoms with Crippen molar-refractivity contribution in [2.75, 3.05) is 0 Å². The zero-order valence-electron chi connectivity index (χ0n) is 16.2. The van der Waals surface area contributed by atoms with Crippen LogP contribution < -0.4 is 15.9 Å². The van der Waals surface area contributed by atoms with Gasteiger partial charge in [-0.3, -0.25) is 0 Å². The SMILES string of the molecule is CCC(CC)(C(=O)O)[P+](c1ccccc1)(c1ccccc1)c1ccc(Br)cc1. The van der Waals surface area contributed by atoms with Crippen LogP contribution in [0, 0.1) is 0 Å². The molecule has 0 heterocycles. The number of hydrogen-bond donors (Lipinski definition) is 1. The molecule has 3 aromatic carbocycles. The first kappa shape index (κ1) is 20.8. The first-order chi connectivity index (χ1) is 13.5. The summed E-state index contributed by atoms with van der Waals surface area (Å²) in [6.45, 7) is 4.02. The number of carboxylic acids is 1. The maximum Gasteiger partial charge on any atom is 0.348 e. The van der Waals surface area contributed by atoms with Crippen LogP contribution in [0.5, 0.6) is 0 Å². The summed E-state index contributed by atoms with van der Waals surface area (Å²) in [5, 5.41) is 13.0. The van der Waals surface area contributed by atoms with Crippen LogP contribution in [0.25, 0.3) is 0 Å². The molecule has 0 spiro atoms. The molecule has 0 saturated carbocycles. The predicted molar refractivity (Wildman–Crippen MR) is 124 cm³/mol. The Morgan fingerprint density at radius 3 is 1.54 bits per heavy atom. The van der Waals surface area contributed by atoms with E-state index in [1.807, 2.05) is 62.4 Å². The van der Waals surface area contributed by atoms with E-state index in [4.69, 9.17) is 0 Å². The number of hydrogen-bond acceptors (Lipinski definition) is 1. The maximum absolute atomic E-state index is 12.9. The van der Waals surface area contributed by atoms with Crippen molar-refractivity contribution in [1.29, 1.82) is 0 Å². The molecule has 0 unspecified atom stereocenters. The van der Waals surface area contributed by atoms with Crippen LogP contribution in [-0.4, -0.2) is 16.2 Å². The Labute approximate surface area is 176 Å². The quantitative estimate of drug-likeness (QED) is 0.485. The van der Waals surface area contributed by atoms with E-state index >= 15 is 0 Å². The number of halogens is 1. The Bertz CT molecular complexity index is 880. The van der Waals surface area contributed by atoms with Crippen LogP contribution in [0.3, 0.4) is 0 Å². The van der Waals surface area contributed by atoms with Gasteiger partial charge in [-0.05, 0) is 61.4 Å². The van der Waals surface area contributed by atoms with Crippen molar-refractivity contribution in [3.63, 3.8) is 0 Å². The molecule has 0 aliphatic rings. The molecule has 2 nitrogen and oxygen atoms in total. The molecule has 0 aliphatic heterocycles. The van der Waals surface area contributed by atoms with E-state index in [0.29, 0.717) is 12.8 Å². The van der Waals surface area contributed by atoms with Crippen molar-refractivity contribution in [3.05, 3.63) is 89.4 Å². The molecule has 3 aromatic rings. The van der Waals surface area contributed by atoms with Gasteiger partial charge < -0.3 is 5.11 Å². The minimum Gasteiger partial charge on any atom is -0.478 e. The highest BCUT2D eigenvalue weighted by Gasteiger charge is 2.65. The van der Waals surface area contributed by atoms with Crippen LogP contribution in [0.15, 0.2) is 89.4 Å². The Morgan fingerprint density at radius 2 is 1.18 bits per heavy atom. The van der Waals surface area contributed by atoms with E-state index < -0.39 is 18.4 Å². The third-order valence-electron chi connectivity index (χ3n) is 5.71. The van der Waals surface area contributed by atoms with Crippen molar-refractivity contribution in [2.24, 2.45) is 0 Å². The molecule has 1 N–H and O–H groups in total. The highest BCUT2D eigenvalue weighted by molar-refractivity contribution is 9.10. The van der Waals surface area contributed by atoms with Gasteiger partial charge in [-0.1, -0.05) is 66.2 Å². The van der Waals surface area contributed by atoms with Gasteiger partial charge in [-0.25, -0.2) is 4.79 Å². The van der Waals surface area contributed by atoms with Crippen molar-refractivity contribution in [2.45, 2.75) is 31.8 Å². The Balaban J connectivity index is 2.53. The van der Waals surface area contributed by atoms with Gasteiger partial charge in [0.15, 0.2) is 5.16 Å². The molecule has 0 bridgehead atoms. The molecule has 0 fully saturated rings. The molecule has 0 atom stereocenters. The number of rotatable bonds is 7. The maximum atomic E-state index is 12.9. The molecule has 0 aromatic heterocycles. The average molecular weight is 456 g/mol. The van der Waals surface area contributed by atoms with Gasteiger partial charge in [0, 0.05) is 4.47 Å². The molecule has 3 rings (SSSR count). The van der Waals surface area contributed by atoms with E-state index in [1.54, 1.807) is 0 Å². The van der Waals surface area contributed by atoms with Crippen molar-refractivity contribution in [1.82, 2.24) is 0 Å². The zero-order chi connectivity index (χ0) is 20.2. The minimum atomic E-state index is -2.49. The second-order valence-electron chi connectivity index (χ2n) is 6.86. The van der Waals surface area contributed by atoms with Gasteiger partial charge in [0.2, 0.25) is 0 Å². The lowest BCUT2D eigenvalue weighted by Gasteiger charge is -2.41. The summed E-state index contributed by atoms with van der Waals surface area (Å²) in [6, 6.07) is 28.7. The van der Waals surface area contributed by atoms with Crippen LogP contribution in [0.4, 0.5) is 0 Å². The average Bonchev–Trinajstić information content (AvgIpc) is 2.74. The van der Waals surface area contributed by atoms with Gasteiger partial charge in [-0.2, -0.15) is 0 Å². The summed E-state index contributed by atoms with van der Waals surface area (Å²) in [6.07, 6.45) is 1.12.